The summed E-state index contributed by atoms with van der Waals surface area (Å²) in [5.41, 5.74) is 2.15. The number of aromatic nitrogens is 2. The maximum atomic E-state index is 12.1. The SMILES string of the molecule is CC[C@@H](C)C(=O)NCc1c(C)nn(C)c1N1CCCN(C)CC1. The average molecular weight is 321 g/mol. The molecule has 0 aliphatic carbocycles. The van der Waals surface area contributed by atoms with Crippen LogP contribution in [0.1, 0.15) is 37.9 Å². The Bertz CT molecular complexity index is 539. The first kappa shape index (κ1) is 17.8. The van der Waals surface area contributed by atoms with Gasteiger partial charge in [0.05, 0.1) is 5.69 Å². The molecular formula is C17H31N5O. The monoisotopic (exact) mass is 321 g/mol. The molecule has 0 unspecified atom stereocenters. The lowest BCUT2D eigenvalue weighted by atomic mass is 10.1. The van der Waals surface area contributed by atoms with Gasteiger partial charge in [-0.25, -0.2) is 0 Å². The van der Waals surface area contributed by atoms with E-state index in [1.54, 1.807) is 0 Å². The van der Waals surface area contributed by atoms with Crippen molar-refractivity contribution in [1.82, 2.24) is 20.0 Å². The third kappa shape index (κ3) is 4.25. The van der Waals surface area contributed by atoms with E-state index in [1.165, 1.54) is 0 Å². The molecule has 130 valence electrons. The van der Waals surface area contributed by atoms with E-state index in [0.29, 0.717) is 6.54 Å². The Labute approximate surface area is 139 Å². The molecule has 1 aromatic rings. The summed E-state index contributed by atoms with van der Waals surface area (Å²) in [4.78, 5) is 16.9. The third-order valence-electron chi connectivity index (χ3n) is 4.83. The summed E-state index contributed by atoms with van der Waals surface area (Å²) in [5, 5.41) is 7.67. The molecule has 0 aromatic carbocycles. The van der Waals surface area contributed by atoms with Gasteiger partial charge in [-0.2, -0.15) is 5.10 Å². The number of carbonyl (C=O) groups is 1. The third-order valence-corrected chi connectivity index (χ3v) is 4.83. The highest BCUT2D eigenvalue weighted by Crippen LogP contribution is 2.24. The van der Waals surface area contributed by atoms with E-state index in [9.17, 15) is 4.79 Å². The van der Waals surface area contributed by atoms with Crippen molar-refractivity contribution in [3.63, 3.8) is 0 Å². The number of anilines is 1. The molecule has 2 heterocycles. The number of hydrogen-bond donors (Lipinski definition) is 1. The minimum atomic E-state index is 0.0577. The van der Waals surface area contributed by atoms with Crippen LogP contribution < -0.4 is 10.2 Å². The molecule has 1 amide bonds. The van der Waals surface area contributed by atoms with Crippen LogP contribution in [0.5, 0.6) is 0 Å². The molecule has 1 aromatic heterocycles. The van der Waals surface area contributed by atoms with Crippen LogP contribution in [0.3, 0.4) is 0 Å². The van der Waals surface area contributed by atoms with Gasteiger partial charge in [0, 0.05) is 44.7 Å². The van der Waals surface area contributed by atoms with Gasteiger partial charge in [-0.1, -0.05) is 13.8 Å². The molecule has 1 atom stereocenters. The van der Waals surface area contributed by atoms with Crippen LogP contribution in [0, 0.1) is 12.8 Å². The van der Waals surface area contributed by atoms with Crippen molar-refractivity contribution in [3.05, 3.63) is 11.3 Å². The highest BCUT2D eigenvalue weighted by atomic mass is 16.1. The number of rotatable bonds is 5. The second kappa shape index (κ2) is 7.81. The van der Waals surface area contributed by atoms with Crippen LogP contribution in [0.2, 0.25) is 0 Å². The normalized spacial score (nSPS) is 17.9. The minimum absolute atomic E-state index is 0.0577. The molecule has 1 aliphatic rings. The molecule has 1 N–H and O–H groups in total. The fourth-order valence-corrected chi connectivity index (χ4v) is 3.09. The summed E-state index contributed by atoms with van der Waals surface area (Å²) in [6, 6.07) is 0. The second-order valence-corrected chi connectivity index (χ2v) is 6.68. The number of likely N-dealkylation sites (N-methyl/N-ethyl adjacent to an activating group) is 1. The highest BCUT2D eigenvalue weighted by molar-refractivity contribution is 5.78. The fourth-order valence-electron chi connectivity index (χ4n) is 3.09. The van der Waals surface area contributed by atoms with Crippen LogP contribution in [0.15, 0.2) is 0 Å². The zero-order valence-electron chi connectivity index (χ0n) is 15.2. The Morgan fingerprint density at radius 2 is 2.00 bits per heavy atom. The van der Waals surface area contributed by atoms with Crippen LogP contribution in [-0.4, -0.2) is 53.8 Å². The largest absolute Gasteiger partial charge is 0.355 e. The Balaban J connectivity index is 2.15. The highest BCUT2D eigenvalue weighted by Gasteiger charge is 2.22. The van der Waals surface area contributed by atoms with Crippen molar-refractivity contribution in [1.29, 1.82) is 0 Å². The summed E-state index contributed by atoms with van der Waals surface area (Å²) < 4.78 is 1.96. The molecule has 0 radical (unpaired) electrons. The zero-order chi connectivity index (χ0) is 17.0. The lowest BCUT2D eigenvalue weighted by Gasteiger charge is -2.24. The fraction of sp³-hybridized carbons (Fsp3) is 0.765. The van der Waals surface area contributed by atoms with E-state index < -0.39 is 0 Å². The van der Waals surface area contributed by atoms with Crippen LogP contribution >= 0.6 is 0 Å². The van der Waals surface area contributed by atoms with Crippen LogP contribution in [0.25, 0.3) is 0 Å². The number of carbonyl (C=O) groups excluding carboxylic acids is 1. The zero-order valence-corrected chi connectivity index (χ0v) is 15.2. The van der Waals surface area contributed by atoms with E-state index in [-0.39, 0.29) is 11.8 Å². The molecule has 0 spiro atoms. The van der Waals surface area contributed by atoms with Gasteiger partial charge in [-0.05, 0) is 33.4 Å². The molecule has 2 rings (SSSR count). The summed E-state index contributed by atoms with van der Waals surface area (Å²) in [7, 11) is 4.17. The Morgan fingerprint density at radius 3 is 2.70 bits per heavy atom. The molecule has 23 heavy (non-hydrogen) atoms. The molecule has 6 nitrogen and oxygen atoms in total. The molecule has 0 saturated carbocycles. The van der Waals surface area contributed by atoms with Gasteiger partial charge in [0.1, 0.15) is 5.82 Å². The van der Waals surface area contributed by atoms with E-state index in [1.807, 2.05) is 32.5 Å². The van der Waals surface area contributed by atoms with Crippen molar-refractivity contribution in [2.75, 3.05) is 38.1 Å². The summed E-state index contributed by atoms with van der Waals surface area (Å²) >= 11 is 0. The quantitative estimate of drug-likeness (QED) is 0.894. The van der Waals surface area contributed by atoms with Gasteiger partial charge in [-0.15, -0.1) is 0 Å². The summed E-state index contributed by atoms with van der Waals surface area (Å²) in [6.07, 6.45) is 2.02. The molecular weight excluding hydrogens is 290 g/mol. The predicted molar refractivity (Wildman–Crippen MR) is 93.6 cm³/mol. The van der Waals surface area contributed by atoms with Crippen molar-refractivity contribution in [2.24, 2.45) is 13.0 Å². The van der Waals surface area contributed by atoms with Gasteiger partial charge in [0.15, 0.2) is 0 Å². The van der Waals surface area contributed by atoms with Crippen LogP contribution in [-0.2, 0) is 18.4 Å². The lowest BCUT2D eigenvalue weighted by molar-refractivity contribution is -0.124. The summed E-state index contributed by atoms with van der Waals surface area (Å²) in [6.45, 7) is 10.8. The van der Waals surface area contributed by atoms with Gasteiger partial charge in [-0.3, -0.25) is 9.48 Å². The molecule has 0 bridgehead atoms. The van der Waals surface area contributed by atoms with Gasteiger partial charge in [0.25, 0.3) is 0 Å². The smallest absolute Gasteiger partial charge is 0.223 e. The number of nitrogens with one attached hydrogen (secondary N) is 1. The minimum Gasteiger partial charge on any atom is -0.355 e. The first-order chi connectivity index (χ1) is 10.9. The molecule has 6 heteroatoms. The van der Waals surface area contributed by atoms with Gasteiger partial charge >= 0.3 is 0 Å². The second-order valence-electron chi connectivity index (χ2n) is 6.68. The standard InChI is InChI=1S/C17H31N5O/c1-6-13(2)16(23)18-12-15-14(3)19-21(5)17(15)22-9-7-8-20(4)10-11-22/h13H,6-12H2,1-5H3,(H,18,23)/t13-/m1/s1. The van der Waals surface area contributed by atoms with Crippen molar-refractivity contribution in [2.45, 2.75) is 40.2 Å². The van der Waals surface area contributed by atoms with E-state index in [0.717, 1.165) is 56.1 Å². The Hall–Kier alpha value is -1.56. The van der Waals surface area contributed by atoms with E-state index >= 15 is 0 Å². The number of aryl methyl sites for hydroxylation is 2. The van der Waals surface area contributed by atoms with Crippen molar-refractivity contribution in [3.8, 4) is 0 Å². The van der Waals surface area contributed by atoms with Crippen molar-refractivity contribution >= 4 is 11.7 Å². The average Bonchev–Trinajstić information content (AvgIpc) is 2.67. The molecule has 1 saturated heterocycles. The molecule has 1 fully saturated rings. The van der Waals surface area contributed by atoms with Crippen LogP contribution in [0.4, 0.5) is 5.82 Å². The van der Waals surface area contributed by atoms with E-state index in [2.05, 4.69) is 27.3 Å². The lowest BCUT2D eigenvalue weighted by Crippen LogP contribution is -2.33. The number of hydrogen-bond acceptors (Lipinski definition) is 4. The summed E-state index contributed by atoms with van der Waals surface area (Å²) in [5.74, 6) is 1.34. The Kier molecular flexibility index (Phi) is 6.04. The van der Waals surface area contributed by atoms with Gasteiger partial charge < -0.3 is 15.1 Å². The number of nitrogens with zero attached hydrogens (tertiary/aromatic N) is 4. The Morgan fingerprint density at radius 1 is 1.26 bits per heavy atom. The number of amides is 1. The van der Waals surface area contributed by atoms with Gasteiger partial charge in [0.2, 0.25) is 5.91 Å². The predicted octanol–water partition coefficient (Wildman–Crippen LogP) is 1.53. The maximum Gasteiger partial charge on any atom is 0.223 e. The maximum absolute atomic E-state index is 12.1. The molecule has 1 aliphatic heterocycles. The first-order valence-electron chi connectivity index (χ1n) is 8.67. The van der Waals surface area contributed by atoms with E-state index in [4.69, 9.17) is 0 Å². The first-order valence-corrected chi connectivity index (χ1v) is 8.67. The van der Waals surface area contributed by atoms with Crippen molar-refractivity contribution < 1.29 is 4.79 Å². The topological polar surface area (TPSA) is 53.4 Å².